The predicted molar refractivity (Wildman–Crippen MR) is 31.3 cm³/mol. The van der Waals surface area contributed by atoms with E-state index in [1.54, 1.807) is 17.5 Å². The van der Waals surface area contributed by atoms with Crippen molar-refractivity contribution in [1.82, 2.24) is 0 Å². The molecule has 0 saturated carbocycles. The molecule has 0 radical (unpaired) electrons. The molecule has 0 aliphatic heterocycles. The number of carbonyl (C=O) groups is 1. The van der Waals surface area contributed by atoms with Crippen molar-refractivity contribution in [2.75, 3.05) is 0 Å². The van der Waals surface area contributed by atoms with Crippen LogP contribution in [0.25, 0.3) is 0 Å². The van der Waals surface area contributed by atoms with Crippen LogP contribution in [0, 0.1) is 0 Å². The van der Waals surface area contributed by atoms with E-state index in [2.05, 4.69) is 0 Å². The summed E-state index contributed by atoms with van der Waals surface area (Å²) < 4.78 is 0. The standard InChI is InChI=1S/C5H4O2S.Li/c6-5(7)4-2-1-3-8-4;/h1-3H,(H,6,7);/q;+1. The second-order valence-electron chi connectivity index (χ2n) is 1.28. The summed E-state index contributed by atoms with van der Waals surface area (Å²) in [5.74, 6) is -0.847. The van der Waals surface area contributed by atoms with Crippen molar-refractivity contribution in [3.8, 4) is 0 Å². The Labute approximate surface area is 68.7 Å². The number of hydrogen-bond acceptors (Lipinski definition) is 2. The fourth-order valence-electron chi connectivity index (χ4n) is 0.400. The average Bonchev–Trinajstić information content (AvgIpc) is 2.12. The minimum Gasteiger partial charge on any atom is -0.477 e. The van der Waals surface area contributed by atoms with Gasteiger partial charge < -0.3 is 5.11 Å². The number of hydrogen-bond donors (Lipinski definition) is 1. The van der Waals surface area contributed by atoms with Crippen LogP contribution in [0.1, 0.15) is 9.67 Å². The van der Waals surface area contributed by atoms with Crippen LogP contribution in [0.4, 0.5) is 0 Å². The molecule has 0 bridgehead atoms. The van der Waals surface area contributed by atoms with Crippen molar-refractivity contribution in [2.45, 2.75) is 0 Å². The Hall–Kier alpha value is -0.233. The van der Waals surface area contributed by atoms with Crippen LogP contribution in [0.15, 0.2) is 17.5 Å². The van der Waals surface area contributed by atoms with E-state index in [1.807, 2.05) is 0 Å². The molecule has 0 aliphatic carbocycles. The SMILES string of the molecule is O=C(O)c1cccs1.[Li+]. The summed E-state index contributed by atoms with van der Waals surface area (Å²) in [4.78, 5) is 10.5. The zero-order valence-corrected chi connectivity index (χ0v) is 5.81. The maximum absolute atomic E-state index is 10.1. The Morgan fingerprint density at radius 2 is 2.33 bits per heavy atom. The van der Waals surface area contributed by atoms with Crippen molar-refractivity contribution in [2.24, 2.45) is 0 Å². The van der Waals surface area contributed by atoms with Gasteiger partial charge in [0.2, 0.25) is 0 Å². The van der Waals surface area contributed by atoms with E-state index in [-0.39, 0.29) is 18.9 Å². The number of rotatable bonds is 1. The first-order valence-electron chi connectivity index (χ1n) is 2.07. The fourth-order valence-corrected chi connectivity index (χ4v) is 0.962. The molecule has 0 aromatic carbocycles. The molecule has 0 atom stereocenters. The number of carboxylic acid groups (broad SMARTS) is 1. The first-order valence-corrected chi connectivity index (χ1v) is 2.95. The Bertz CT molecular complexity index is 183. The number of thiophene rings is 1. The van der Waals surface area contributed by atoms with Crippen molar-refractivity contribution >= 4 is 17.3 Å². The molecule has 42 valence electrons. The monoisotopic (exact) mass is 135 g/mol. The molecule has 0 saturated heterocycles. The first kappa shape index (κ1) is 8.77. The van der Waals surface area contributed by atoms with Gasteiger partial charge in [0, 0.05) is 0 Å². The normalized spacial score (nSPS) is 8.00. The topological polar surface area (TPSA) is 37.3 Å². The zero-order valence-electron chi connectivity index (χ0n) is 5.00. The van der Waals surface area contributed by atoms with E-state index in [9.17, 15) is 4.79 Å². The summed E-state index contributed by atoms with van der Waals surface area (Å²) >= 11 is 1.23. The van der Waals surface area contributed by atoms with Crippen LogP contribution >= 0.6 is 11.3 Å². The van der Waals surface area contributed by atoms with Gasteiger partial charge in [0.25, 0.3) is 0 Å². The third kappa shape index (κ3) is 2.23. The quantitative estimate of drug-likeness (QED) is 0.473. The van der Waals surface area contributed by atoms with Gasteiger partial charge in [-0.3, -0.25) is 0 Å². The molecule has 1 aromatic heterocycles. The summed E-state index contributed by atoms with van der Waals surface area (Å²) in [5, 5.41) is 10.0. The molecular weight excluding hydrogens is 131 g/mol. The molecule has 2 nitrogen and oxygen atoms in total. The smallest absolute Gasteiger partial charge is 0.477 e. The summed E-state index contributed by atoms with van der Waals surface area (Å²) in [6.07, 6.45) is 0. The molecule has 0 fully saturated rings. The first-order chi connectivity index (χ1) is 3.80. The second-order valence-corrected chi connectivity index (χ2v) is 2.23. The van der Waals surface area contributed by atoms with Crippen LogP contribution in [-0.4, -0.2) is 11.1 Å². The minimum absolute atomic E-state index is 0. The molecule has 0 amide bonds. The fraction of sp³-hybridized carbons (Fsp3) is 0. The third-order valence-corrected chi connectivity index (χ3v) is 1.59. The van der Waals surface area contributed by atoms with E-state index < -0.39 is 5.97 Å². The van der Waals surface area contributed by atoms with Crippen molar-refractivity contribution < 1.29 is 28.8 Å². The largest absolute Gasteiger partial charge is 1.00 e. The van der Waals surface area contributed by atoms with Gasteiger partial charge in [-0.2, -0.15) is 0 Å². The summed E-state index contributed by atoms with van der Waals surface area (Å²) in [5.41, 5.74) is 0. The number of carboxylic acids is 1. The Morgan fingerprint density at radius 1 is 1.67 bits per heavy atom. The van der Waals surface area contributed by atoms with E-state index >= 15 is 0 Å². The number of aromatic carboxylic acids is 1. The molecule has 1 N–H and O–H groups in total. The van der Waals surface area contributed by atoms with Gasteiger partial charge in [0.05, 0.1) is 0 Å². The van der Waals surface area contributed by atoms with E-state index in [0.29, 0.717) is 4.88 Å². The molecule has 9 heavy (non-hydrogen) atoms. The Morgan fingerprint density at radius 3 is 2.56 bits per heavy atom. The third-order valence-electron chi connectivity index (χ3n) is 0.732. The van der Waals surface area contributed by atoms with Crippen molar-refractivity contribution in [1.29, 1.82) is 0 Å². The van der Waals surface area contributed by atoms with E-state index in [0.717, 1.165) is 0 Å². The Kier molecular flexibility index (Phi) is 3.63. The van der Waals surface area contributed by atoms with Crippen LogP contribution in [0.3, 0.4) is 0 Å². The predicted octanol–water partition coefficient (Wildman–Crippen LogP) is -1.55. The van der Waals surface area contributed by atoms with Gasteiger partial charge >= 0.3 is 24.8 Å². The molecule has 0 aliphatic rings. The maximum Gasteiger partial charge on any atom is 1.00 e. The molecule has 1 aromatic rings. The minimum atomic E-state index is -0.847. The molecule has 0 unspecified atom stereocenters. The molecule has 1 heterocycles. The van der Waals surface area contributed by atoms with Crippen LogP contribution in [0.5, 0.6) is 0 Å². The van der Waals surface area contributed by atoms with Gasteiger partial charge in [0.1, 0.15) is 4.88 Å². The van der Waals surface area contributed by atoms with Crippen molar-refractivity contribution in [3.63, 3.8) is 0 Å². The maximum atomic E-state index is 10.1. The zero-order chi connectivity index (χ0) is 5.98. The van der Waals surface area contributed by atoms with Gasteiger partial charge in [-0.15, -0.1) is 11.3 Å². The van der Waals surface area contributed by atoms with E-state index in [4.69, 9.17) is 5.11 Å². The molecule has 1 rings (SSSR count). The molecular formula is C5H4LiO2S+. The van der Waals surface area contributed by atoms with Crippen LogP contribution in [-0.2, 0) is 0 Å². The molecule has 0 spiro atoms. The van der Waals surface area contributed by atoms with Crippen LogP contribution in [0.2, 0.25) is 0 Å². The van der Waals surface area contributed by atoms with Gasteiger partial charge in [-0.05, 0) is 11.4 Å². The van der Waals surface area contributed by atoms with Crippen molar-refractivity contribution in [3.05, 3.63) is 22.4 Å². The summed E-state index contributed by atoms with van der Waals surface area (Å²) in [6.45, 7) is 0. The molecule has 4 heteroatoms. The second kappa shape index (κ2) is 3.73. The van der Waals surface area contributed by atoms with Crippen LogP contribution < -0.4 is 18.9 Å². The van der Waals surface area contributed by atoms with E-state index in [1.165, 1.54) is 11.3 Å². The Balaban J connectivity index is 0.000000640. The van der Waals surface area contributed by atoms with Gasteiger partial charge in [0.15, 0.2) is 0 Å². The van der Waals surface area contributed by atoms with Gasteiger partial charge in [-0.1, -0.05) is 6.07 Å². The summed E-state index contributed by atoms with van der Waals surface area (Å²) in [6, 6.07) is 3.29. The average molecular weight is 135 g/mol. The van der Waals surface area contributed by atoms with Gasteiger partial charge in [-0.25, -0.2) is 4.79 Å². The summed E-state index contributed by atoms with van der Waals surface area (Å²) in [7, 11) is 0.